The Hall–Kier alpha value is -4.63. The van der Waals surface area contributed by atoms with Crippen LogP contribution in [0.4, 0.5) is 0 Å². The summed E-state index contributed by atoms with van der Waals surface area (Å²) in [6.45, 7) is 3.23. The number of aromatic hydroxyl groups is 1. The molecule has 1 aliphatic heterocycles. The highest BCUT2D eigenvalue weighted by molar-refractivity contribution is 5.98. The number of aliphatic hydroxyl groups is 1. The first-order valence-corrected chi connectivity index (χ1v) is 13.5. The zero-order chi connectivity index (χ0) is 29.4. The van der Waals surface area contributed by atoms with Gasteiger partial charge in [-0.1, -0.05) is 72.8 Å². The van der Waals surface area contributed by atoms with Crippen molar-refractivity contribution in [2.24, 2.45) is 5.92 Å². The van der Waals surface area contributed by atoms with Crippen LogP contribution in [0, 0.1) is 5.92 Å². The number of esters is 1. The number of hydrogen-bond donors (Lipinski definition) is 5. The van der Waals surface area contributed by atoms with Crippen molar-refractivity contribution in [2.75, 3.05) is 0 Å². The molecule has 5 atom stereocenters. The molecule has 1 aliphatic rings. The van der Waals surface area contributed by atoms with Gasteiger partial charge >= 0.3 is 5.97 Å². The average Bonchev–Trinajstić information content (AvgIpc) is 2.98. The van der Waals surface area contributed by atoms with Gasteiger partial charge in [0.05, 0.1) is 35.4 Å². The number of benzene rings is 3. The van der Waals surface area contributed by atoms with Gasteiger partial charge in [-0.05, 0) is 43.5 Å². The second-order valence-electron chi connectivity index (χ2n) is 10.2. The highest BCUT2D eigenvalue weighted by atomic mass is 16.5. The van der Waals surface area contributed by atoms with Crippen molar-refractivity contribution in [1.29, 1.82) is 0 Å². The number of para-hydroxylation sites is 1. The number of phenols is 1. The Morgan fingerprint density at radius 3 is 2.10 bits per heavy atom. The molecule has 0 fully saturated rings. The van der Waals surface area contributed by atoms with E-state index in [2.05, 4.69) is 16.0 Å². The fourth-order valence-electron chi connectivity index (χ4n) is 4.61. The van der Waals surface area contributed by atoms with E-state index in [0.717, 1.165) is 11.1 Å². The predicted octanol–water partition coefficient (Wildman–Crippen LogP) is 2.83. The van der Waals surface area contributed by atoms with E-state index in [1.807, 2.05) is 60.7 Å². The molecule has 0 spiro atoms. The Kier molecular flexibility index (Phi) is 9.76. The van der Waals surface area contributed by atoms with Crippen LogP contribution in [0.3, 0.4) is 0 Å². The van der Waals surface area contributed by atoms with Crippen LogP contribution in [-0.4, -0.2) is 52.3 Å². The normalized spacial score (nSPS) is 24.8. The largest absolute Gasteiger partial charge is 0.507 e. The lowest BCUT2D eigenvalue weighted by Gasteiger charge is -2.31. The summed E-state index contributed by atoms with van der Waals surface area (Å²) in [4.78, 5) is 39.7. The topological polar surface area (TPSA) is 137 Å². The fraction of sp³-hybridized carbons (Fsp3) is 0.281. The van der Waals surface area contributed by atoms with Gasteiger partial charge in [0.15, 0.2) is 6.10 Å². The second kappa shape index (κ2) is 13.6. The SMILES string of the molecule is C[C@H]1NC(=O)C(Cc2ccccc2)OC(=O)[C@H](C)[C@H](O)[C@H](Cc2ccccc2)N/C=C\1NC(=O)c1ccccc1O. The lowest BCUT2D eigenvalue weighted by Crippen LogP contribution is -2.51. The monoisotopic (exact) mass is 557 g/mol. The number of hydrogen-bond acceptors (Lipinski definition) is 7. The standard InChI is InChI=1S/C32H35N3O6/c1-20-29(37)25(17-22-11-5-3-6-12-22)33-19-26(35-30(38)24-15-9-10-16-27(24)36)21(2)34-31(39)28(41-32(20)40)18-23-13-7-4-8-14-23/h3-16,19-21,25,28-29,33,36-37H,17-18H2,1-2H3,(H,34,39)(H,35,38)/b26-19+/t20-,21-,25+,28?,29+/m1/s1. The minimum atomic E-state index is -1.19. The molecular formula is C32H35N3O6. The van der Waals surface area contributed by atoms with E-state index in [4.69, 9.17) is 4.74 Å². The first-order chi connectivity index (χ1) is 19.7. The molecule has 2 amide bonds. The highest BCUT2D eigenvalue weighted by Crippen LogP contribution is 2.19. The first-order valence-electron chi connectivity index (χ1n) is 13.5. The molecule has 9 nitrogen and oxygen atoms in total. The van der Waals surface area contributed by atoms with E-state index in [1.165, 1.54) is 18.3 Å². The minimum absolute atomic E-state index is 0.0587. The number of ether oxygens (including phenoxy) is 1. The molecule has 0 aliphatic carbocycles. The molecule has 0 radical (unpaired) electrons. The molecule has 1 unspecified atom stereocenters. The van der Waals surface area contributed by atoms with Gasteiger partial charge in [0.2, 0.25) is 0 Å². The lowest BCUT2D eigenvalue weighted by molar-refractivity contribution is -0.163. The zero-order valence-corrected chi connectivity index (χ0v) is 23.0. The van der Waals surface area contributed by atoms with E-state index in [1.54, 1.807) is 26.0 Å². The summed E-state index contributed by atoms with van der Waals surface area (Å²) in [6.07, 6.45) is -0.347. The Morgan fingerprint density at radius 1 is 0.878 bits per heavy atom. The van der Waals surface area contributed by atoms with Gasteiger partial charge in [0.1, 0.15) is 5.75 Å². The smallest absolute Gasteiger partial charge is 0.312 e. The minimum Gasteiger partial charge on any atom is -0.507 e. The molecule has 3 aromatic rings. The van der Waals surface area contributed by atoms with Crippen LogP contribution in [0.2, 0.25) is 0 Å². The van der Waals surface area contributed by atoms with Crippen LogP contribution in [-0.2, 0) is 27.2 Å². The Morgan fingerprint density at radius 2 is 1.46 bits per heavy atom. The maximum Gasteiger partial charge on any atom is 0.312 e. The average molecular weight is 558 g/mol. The zero-order valence-electron chi connectivity index (χ0n) is 23.0. The maximum absolute atomic E-state index is 13.4. The van der Waals surface area contributed by atoms with Crippen molar-refractivity contribution in [1.82, 2.24) is 16.0 Å². The lowest BCUT2D eigenvalue weighted by atomic mass is 9.92. The molecule has 4 rings (SSSR count). The molecule has 9 heteroatoms. The van der Waals surface area contributed by atoms with Crippen LogP contribution in [0.25, 0.3) is 0 Å². The maximum atomic E-state index is 13.4. The number of cyclic esters (lactones) is 1. The van der Waals surface area contributed by atoms with Crippen molar-refractivity contribution in [3.63, 3.8) is 0 Å². The molecule has 0 aromatic heterocycles. The summed E-state index contributed by atoms with van der Waals surface area (Å²) in [5.74, 6) is -2.99. The van der Waals surface area contributed by atoms with Gasteiger partial charge in [-0.15, -0.1) is 0 Å². The summed E-state index contributed by atoms with van der Waals surface area (Å²) >= 11 is 0. The van der Waals surface area contributed by atoms with Crippen molar-refractivity contribution < 1.29 is 29.3 Å². The van der Waals surface area contributed by atoms with Crippen LogP contribution < -0.4 is 16.0 Å². The molecule has 41 heavy (non-hydrogen) atoms. The summed E-state index contributed by atoms with van der Waals surface area (Å²) in [7, 11) is 0. The van der Waals surface area contributed by atoms with Crippen molar-refractivity contribution >= 4 is 17.8 Å². The van der Waals surface area contributed by atoms with E-state index in [9.17, 15) is 24.6 Å². The summed E-state index contributed by atoms with van der Waals surface area (Å²) in [6, 6.07) is 23.4. The Balaban J connectivity index is 1.68. The van der Waals surface area contributed by atoms with E-state index >= 15 is 0 Å². The molecular weight excluding hydrogens is 522 g/mol. The van der Waals surface area contributed by atoms with Gasteiger partial charge in [-0.3, -0.25) is 14.4 Å². The fourth-order valence-corrected chi connectivity index (χ4v) is 4.61. The molecule has 1 heterocycles. The molecule has 3 aromatic carbocycles. The van der Waals surface area contributed by atoms with E-state index < -0.39 is 48.0 Å². The molecule has 0 saturated carbocycles. The predicted molar refractivity (Wildman–Crippen MR) is 154 cm³/mol. The highest BCUT2D eigenvalue weighted by Gasteiger charge is 2.35. The number of nitrogens with one attached hydrogen (secondary N) is 3. The van der Waals surface area contributed by atoms with Crippen LogP contribution in [0.1, 0.15) is 35.3 Å². The van der Waals surface area contributed by atoms with Crippen LogP contribution in [0.5, 0.6) is 5.75 Å². The molecule has 214 valence electrons. The van der Waals surface area contributed by atoms with Gasteiger partial charge in [0, 0.05) is 12.6 Å². The summed E-state index contributed by atoms with van der Waals surface area (Å²) in [5.41, 5.74) is 2.06. The van der Waals surface area contributed by atoms with Gasteiger partial charge in [-0.25, -0.2) is 0 Å². The summed E-state index contributed by atoms with van der Waals surface area (Å²) in [5, 5.41) is 30.3. The third-order valence-corrected chi connectivity index (χ3v) is 7.09. The number of phenolic OH excluding ortho intramolecular Hbond substituents is 1. The quantitative estimate of drug-likeness (QED) is 0.294. The Bertz CT molecular complexity index is 1380. The molecule has 5 N–H and O–H groups in total. The number of carbonyl (C=O) groups excluding carboxylic acids is 3. The summed E-state index contributed by atoms with van der Waals surface area (Å²) < 4.78 is 5.69. The van der Waals surface area contributed by atoms with Crippen molar-refractivity contribution in [2.45, 2.75) is 51.0 Å². The van der Waals surface area contributed by atoms with Gasteiger partial charge < -0.3 is 30.9 Å². The van der Waals surface area contributed by atoms with E-state index in [0.29, 0.717) is 6.42 Å². The van der Waals surface area contributed by atoms with Crippen LogP contribution in [0.15, 0.2) is 96.8 Å². The first kappa shape index (κ1) is 29.4. The van der Waals surface area contributed by atoms with Gasteiger partial charge in [-0.2, -0.15) is 0 Å². The number of aliphatic hydroxyl groups excluding tert-OH is 1. The van der Waals surface area contributed by atoms with Crippen LogP contribution >= 0.6 is 0 Å². The number of carbonyl (C=O) groups is 3. The third kappa shape index (κ3) is 7.73. The number of rotatable bonds is 6. The van der Waals surface area contributed by atoms with Crippen molar-refractivity contribution in [3.8, 4) is 5.75 Å². The van der Waals surface area contributed by atoms with Gasteiger partial charge in [0.25, 0.3) is 11.8 Å². The van der Waals surface area contributed by atoms with Crippen molar-refractivity contribution in [3.05, 3.63) is 114 Å². The third-order valence-electron chi connectivity index (χ3n) is 7.09. The molecule has 0 bridgehead atoms. The second-order valence-corrected chi connectivity index (χ2v) is 10.2. The van der Waals surface area contributed by atoms with E-state index in [-0.39, 0.29) is 23.4 Å². The Labute approximate surface area is 239 Å². The number of amides is 2. The molecule has 0 saturated heterocycles.